The van der Waals surface area contributed by atoms with Crippen molar-refractivity contribution in [2.75, 3.05) is 42.0 Å². The van der Waals surface area contributed by atoms with Gasteiger partial charge in [0.05, 0.1) is 26.4 Å². The van der Waals surface area contributed by atoms with Crippen LogP contribution >= 0.6 is 0 Å². The van der Waals surface area contributed by atoms with Crippen LogP contribution in [0.1, 0.15) is 119 Å². The number of ether oxygens (including phenoxy) is 14. The van der Waals surface area contributed by atoms with E-state index in [1.807, 2.05) is 107 Å². The molecule has 0 saturated carbocycles. The Balaban J connectivity index is 0.000000263. The fourth-order valence-electron chi connectivity index (χ4n) is 9.30. The third-order valence-corrected chi connectivity index (χ3v) is 14.0. The van der Waals surface area contributed by atoms with Gasteiger partial charge in [0.15, 0.2) is 30.9 Å². The summed E-state index contributed by atoms with van der Waals surface area (Å²) in [5.74, 6) is -0.417. The van der Waals surface area contributed by atoms with E-state index in [-0.39, 0.29) is 67.9 Å². The van der Waals surface area contributed by atoms with Gasteiger partial charge in [-0.2, -0.15) is 0 Å². The summed E-state index contributed by atoms with van der Waals surface area (Å²) >= 11 is 0. The van der Waals surface area contributed by atoms with Crippen molar-refractivity contribution in [3.05, 3.63) is 143 Å². The van der Waals surface area contributed by atoms with E-state index in [1.54, 1.807) is 77.5 Å². The van der Waals surface area contributed by atoms with Crippen LogP contribution in [0.5, 0.6) is 34.5 Å². The Morgan fingerprint density at radius 2 is 0.976 bits per heavy atom. The van der Waals surface area contributed by atoms with Crippen LogP contribution in [0, 0.1) is 11.8 Å². The number of esters is 2. The molecule has 4 aromatic rings. The Bertz CT molecular complexity index is 2910. The normalized spacial score (nSPS) is 26.3. The van der Waals surface area contributed by atoms with Crippen LogP contribution in [-0.4, -0.2) is 119 Å². The van der Waals surface area contributed by atoms with Crippen molar-refractivity contribution in [3.8, 4) is 34.5 Å². The van der Waals surface area contributed by atoms with E-state index in [0.717, 1.165) is 22.6 Å². The first-order valence-corrected chi connectivity index (χ1v) is 27.4. The molecule has 0 spiro atoms. The highest BCUT2D eigenvalue weighted by atomic mass is 16.8. The molecule has 9 atom stereocenters. The second kappa shape index (κ2) is 30.0. The summed E-state index contributed by atoms with van der Waals surface area (Å²) in [6.07, 6.45) is 10.8. The Hall–Kier alpha value is -7.03. The van der Waals surface area contributed by atoms with Crippen LogP contribution in [0.25, 0.3) is 12.2 Å². The predicted molar refractivity (Wildman–Crippen MR) is 312 cm³/mol. The largest absolute Gasteiger partial charge is 0.497 e. The van der Waals surface area contributed by atoms with Crippen molar-refractivity contribution in [3.63, 3.8) is 0 Å². The highest BCUT2D eigenvalue weighted by Gasteiger charge is 2.45. The molecule has 83 heavy (non-hydrogen) atoms. The monoisotopic (exact) mass is 1150 g/mol. The molecule has 4 aliphatic rings. The van der Waals surface area contributed by atoms with Crippen molar-refractivity contribution in [2.24, 2.45) is 11.8 Å². The van der Waals surface area contributed by atoms with Gasteiger partial charge < -0.3 is 71.4 Å². The summed E-state index contributed by atoms with van der Waals surface area (Å²) in [6, 6.07) is 22.0. The molecule has 0 radical (unpaired) electrons. The summed E-state index contributed by atoms with van der Waals surface area (Å²) in [6.45, 7) is 15.0. The molecule has 2 fully saturated rings. The number of hydrogen-bond donors (Lipinski definition) is 1. The fraction of sp³-hybridized carbons (Fsp3) is 0.462. The molecular weight excluding hydrogens is 1070 g/mol. The van der Waals surface area contributed by atoms with Crippen LogP contribution in [0.3, 0.4) is 0 Å². The number of carbonyl (C=O) groups is 3. The second-order valence-corrected chi connectivity index (χ2v) is 21.2. The third kappa shape index (κ3) is 18.0. The topological polar surface area (TPSA) is 201 Å². The lowest BCUT2D eigenvalue weighted by Gasteiger charge is -2.23. The molecule has 2 saturated heterocycles. The molecule has 0 aromatic heterocycles. The molecule has 18 nitrogen and oxygen atoms in total. The van der Waals surface area contributed by atoms with Crippen LogP contribution in [0.15, 0.2) is 109 Å². The molecule has 8 rings (SSSR count). The van der Waals surface area contributed by atoms with Crippen LogP contribution in [0.4, 0.5) is 0 Å². The minimum absolute atomic E-state index is 0. The van der Waals surface area contributed by atoms with Gasteiger partial charge in [0, 0.05) is 38.2 Å². The molecule has 0 aliphatic carbocycles. The van der Waals surface area contributed by atoms with E-state index < -0.39 is 66.2 Å². The lowest BCUT2D eigenvalue weighted by Crippen LogP contribution is -2.34. The first-order valence-electron chi connectivity index (χ1n) is 27.4. The summed E-state index contributed by atoms with van der Waals surface area (Å²) < 4.78 is 80.5. The van der Waals surface area contributed by atoms with E-state index in [1.165, 1.54) is 20.3 Å². The zero-order valence-corrected chi connectivity index (χ0v) is 48.9. The summed E-state index contributed by atoms with van der Waals surface area (Å²) in [7, 11) is 6.24. The van der Waals surface area contributed by atoms with Gasteiger partial charge in [0.2, 0.25) is 0 Å². The number of methoxy groups -OCH3 is 4. The molecule has 450 valence electrons. The Morgan fingerprint density at radius 1 is 0.530 bits per heavy atom. The van der Waals surface area contributed by atoms with Crippen LogP contribution in [0.2, 0.25) is 0 Å². The van der Waals surface area contributed by atoms with Crippen LogP contribution < -0.4 is 28.4 Å². The van der Waals surface area contributed by atoms with Gasteiger partial charge in [-0.15, -0.1) is 0 Å². The summed E-state index contributed by atoms with van der Waals surface area (Å²) in [5, 5.41) is 10.9. The van der Waals surface area contributed by atoms with E-state index in [9.17, 15) is 19.5 Å². The van der Waals surface area contributed by atoms with Gasteiger partial charge in [-0.3, -0.25) is 4.79 Å². The standard InChI is InChI=1S/C32H40O9.C32H38O9.CH4/c2*1-20-10-15-26(33)30-27(40-32(3,4)41-30)9-7-8-23-16-25(37-18-22-11-13-24(36-6)14-12-22)17-28(38-19-35-5)29(23)31(34)39-21(20)2;/h7-8,10-17,20-21,26-27,30,33H,9,18-19H2,1-6H3;7-8,10-17,20-21,27,30H,9,18-19H2,1-6H3;1H4/b2*8-7+,15-10-;/t20-,21?,26?,27?,30?;20-,21?,27?,30?;/m11./s1. The van der Waals surface area contributed by atoms with E-state index in [0.29, 0.717) is 42.1 Å². The number of fused-ring (bicyclic) bond motifs is 4. The lowest BCUT2D eigenvalue weighted by molar-refractivity contribution is -0.152. The molecule has 4 heterocycles. The van der Waals surface area contributed by atoms with Gasteiger partial charge in [-0.25, -0.2) is 9.59 Å². The number of benzene rings is 4. The highest BCUT2D eigenvalue weighted by Crippen LogP contribution is 2.38. The Morgan fingerprint density at radius 3 is 1.45 bits per heavy atom. The molecule has 4 aliphatic heterocycles. The third-order valence-electron chi connectivity index (χ3n) is 14.0. The zero-order chi connectivity index (χ0) is 59.1. The maximum absolute atomic E-state index is 13.6. The Kier molecular flexibility index (Phi) is 23.5. The average Bonchev–Trinajstić information content (AvgIpc) is 4.07. The van der Waals surface area contributed by atoms with Crippen molar-refractivity contribution >= 4 is 29.9 Å². The maximum Gasteiger partial charge on any atom is 0.342 e. The number of carbonyl (C=O) groups excluding carboxylic acids is 3. The number of cyclic esters (lactones) is 2. The first-order chi connectivity index (χ1) is 39.2. The minimum Gasteiger partial charge on any atom is -0.497 e. The van der Waals surface area contributed by atoms with Gasteiger partial charge in [0.1, 0.15) is 89.4 Å². The van der Waals surface area contributed by atoms with E-state index in [4.69, 9.17) is 66.3 Å². The number of rotatable bonds is 14. The minimum atomic E-state index is -0.903. The summed E-state index contributed by atoms with van der Waals surface area (Å²) in [5.41, 5.74) is 3.47. The SMILES string of the molecule is C.COCOc1cc(OCc2ccc(OC)cc2)cc2c1C(=O)OC(C)[C@H](C)/C=C\C(=O)C1OC(C)(C)OC1C/C=C/2.COCOc1cc(OCc2ccc(OC)cc2)cc2c1C(=O)OC(C)[C@H](C)/C=C\C(O)C1OC(C)(C)OC1C/C=C/2. The maximum atomic E-state index is 13.6. The number of hydrogen-bond acceptors (Lipinski definition) is 18. The number of aliphatic hydroxyl groups excluding tert-OH is 1. The zero-order valence-electron chi connectivity index (χ0n) is 48.9. The van der Waals surface area contributed by atoms with Gasteiger partial charge >= 0.3 is 11.9 Å². The smallest absolute Gasteiger partial charge is 0.342 e. The second-order valence-electron chi connectivity index (χ2n) is 21.2. The predicted octanol–water partition coefficient (Wildman–Crippen LogP) is 11.4. The van der Waals surface area contributed by atoms with E-state index in [2.05, 4.69) is 0 Å². The summed E-state index contributed by atoms with van der Waals surface area (Å²) in [4.78, 5) is 40.1. The highest BCUT2D eigenvalue weighted by molar-refractivity contribution is 5.98. The lowest BCUT2D eigenvalue weighted by atomic mass is 9.99. The molecule has 0 amide bonds. The quantitative estimate of drug-likeness (QED) is 0.0709. The van der Waals surface area contributed by atoms with Gasteiger partial charge in [0.25, 0.3) is 0 Å². The van der Waals surface area contributed by atoms with Crippen molar-refractivity contribution in [1.29, 1.82) is 0 Å². The molecule has 7 unspecified atom stereocenters. The molecule has 0 bridgehead atoms. The first kappa shape index (κ1) is 65.1. The number of ketones is 1. The van der Waals surface area contributed by atoms with Gasteiger partial charge in [-0.1, -0.05) is 88.1 Å². The van der Waals surface area contributed by atoms with Crippen molar-refractivity contribution < 1.29 is 85.8 Å². The van der Waals surface area contributed by atoms with E-state index >= 15 is 0 Å². The molecule has 1 N–H and O–H groups in total. The number of aliphatic hydroxyl groups is 1. The van der Waals surface area contributed by atoms with Crippen LogP contribution in [-0.2, 0) is 55.9 Å². The molecular formula is C65H82O18. The van der Waals surface area contributed by atoms with Crippen molar-refractivity contribution in [1.82, 2.24) is 0 Å². The Labute approximate surface area is 488 Å². The van der Waals surface area contributed by atoms with Crippen molar-refractivity contribution in [2.45, 2.75) is 143 Å². The fourth-order valence-corrected chi connectivity index (χ4v) is 9.30. The molecule has 4 aromatic carbocycles. The van der Waals surface area contributed by atoms with Gasteiger partial charge in [-0.05, 0) is 119 Å². The average molecular weight is 1150 g/mol. The molecule has 18 heteroatoms.